The van der Waals surface area contributed by atoms with Crippen LogP contribution in [0.3, 0.4) is 0 Å². The Morgan fingerprint density at radius 1 is 0.793 bits per heavy atom. The zero-order valence-corrected chi connectivity index (χ0v) is 20.2. The lowest BCUT2D eigenvalue weighted by Crippen LogP contribution is -2.27. The second-order valence-electron chi connectivity index (χ2n) is 9.93. The summed E-state index contributed by atoms with van der Waals surface area (Å²) < 4.78 is 5.63. The van der Waals surface area contributed by atoms with Crippen LogP contribution < -0.4 is 4.74 Å². The van der Waals surface area contributed by atoms with Crippen LogP contribution in [0.25, 0.3) is 0 Å². The molecule has 0 radical (unpaired) electrons. The second kappa shape index (κ2) is 12.1. The third kappa shape index (κ3) is 10.5. The fourth-order valence-corrected chi connectivity index (χ4v) is 4.66. The normalized spacial score (nSPS) is 19.9. The highest BCUT2D eigenvalue weighted by Crippen LogP contribution is 2.44. The molecular weight excluding hydrogens is 352 g/mol. The number of hydrogen-bond donors (Lipinski definition) is 0. The molecule has 1 nitrogen and oxygen atoms in total. The van der Waals surface area contributed by atoms with Crippen LogP contribution in [0.4, 0.5) is 0 Å². The van der Waals surface area contributed by atoms with Gasteiger partial charge in [-0.05, 0) is 67.2 Å². The van der Waals surface area contributed by atoms with Crippen molar-refractivity contribution in [1.82, 2.24) is 0 Å². The van der Waals surface area contributed by atoms with Gasteiger partial charge < -0.3 is 4.74 Å². The maximum absolute atomic E-state index is 5.63. The Hall–Kier alpha value is -1.76. The highest BCUT2D eigenvalue weighted by molar-refractivity contribution is 5.32. The van der Waals surface area contributed by atoms with Gasteiger partial charge in [0, 0.05) is 0 Å². The van der Waals surface area contributed by atoms with Gasteiger partial charge in [-0.2, -0.15) is 0 Å². The molecule has 0 heterocycles. The molecule has 0 N–H and O–H groups in total. The minimum Gasteiger partial charge on any atom is -0.457 e. The van der Waals surface area contributed by atoms with Crippen LogP contribution in [-0.2, 0) is 0 Å². The predicted octanol–water partition coefficient (Wildman–Crippen LogP) is 9.45. The standard InChI is InChI=1S/C13H12O.C13H26.C2H6/c1-11-7-9-13(10-8-11)14-12-5-3-2-4-6-12;1-11-7-6-8-12(2,3)10-13(4,5)9-11;1-2/h2-10H,1H3;11H,6-10H2,1-5H3;1-2H3. The lowest BCUT2D eigenvalue weighted by Gasteiger charge is -2.39. The van der Waals surface area contributed by atoms with Gasteiger partial charge in [0.05, 0.1) is 0 Å². The first-order valence-corrected chi connectivity index (χ1v) is 11.4. The lowest BCUT2D eigenvalue weighted by atomic mass is 9.66. The number of hydrogen-bond acceptors (Lipinski definition) is 1. The molecule has 1 aliphatic rings. The molecule has 2 aromatic rings. The smallest absolute Gasteiger partial charge is 0.127 e. The Labute approximate surface area is 180 Å². The van der Waals surface area contributed by atoms with Crippen molar-refractivity contribution in [2.75, 3.05) is 0 Å². The van der Waals surface area contributed by atoms with E-state index in [1.54, 1.807) is 0 Å². The fourth-order valence-electron chi connectivity index (χ4n) is 4.66. The van der Waals surface area contributed by atoms with Crippen LogP contribution in [0, 0.1) is 23.7 Å². The Balaban J connectivity index is 0.000000268. The molecule has 1 saturated carbocycles. The van der Waals surface area contributed by atoms with Crippen molar-refractivity contribution in [2.45, 2.75) is 87.5 Å². The number of rotatable bonds is 2. The van der Waals surface area contributed by atoms with E-state index >= 15 is 0 Å². The first-order chi connectivity index (χ1) is 13.7. The average molecular weight is 397 g/mol. The van der Waals surface area contributed by atoms with E-state index in [-0.39, 0.29) is 0 Å². The molecule has 29 heavy (non-hydrogen) atoms. The molecule has 0 spiro atoms. The molecule has 162 valence electrons. The first-order valence-electron chi connectivity index (χ1n) is 11.4. The van der Waals surface area contributed by atoms with Gasteiger partial charge in [-0.1, -0.05) is 97.2 Å². The predicted molar refractivity (Wildman–Crippen MR) is 129 cm³/mol. The summed E-state index contributed by atoms with van der Waals surface area (Å²) in [6.45, 7) is 18.2. The summed E-state index contributed by atoms with van der Waals surface area (Å²) in [6.07, 6.45) is 7.10. The summed E-state index contributed by atoms with van der Waals surface area (Å²) in [6, 6.07) is 17.8. The maximum Gasteiger partial charge on any atom is 0.127 e. The van der Waals surface area contributed by atoms with Crippen molar-refractivity contribution < 1.29 is 4.74 Å². The van der Waals surface area contributed by atoms with Gasteiger partial charge in [-0.15, -0.1) is 0 Å². The van der Waals surface area contributed by atoms with E-state index in [1.807, 2.05) is 68.4 Å². The minimum atomic E-state index is 0.559. The maximum atomic E-state index is 5.63. The summed E-state index contributed by atoms with van der Waals surface area (Å²) in [5.74, 6) is 2.68. The largest absolute Gasteiger partial charge is 0.457 e. The highest BCUT2D eigenvalue weighted by atomic mass is 16.5. The van der Waals surface area contributed by atoms with Gasteiger partial charge in [0.25, 0.3) is 0 Å². The van der Waals surface area contributed by atoms with Crippen LogP contribution in [0.15, 0.2) is 54.6 Å². The SMILES string of the molecule is CC.CC1CCCC(C)(C)CC(C)(C)C1.Cc1ccc(Oc2ccccc2)cc1. The van der Waals surface area contributed by atoms with Crippen molar-refractivity contribution in [3.05, 3.63) is 60.2 Å². The Bertz CT molecular complexity index is 667. The summed E-state index contributed by atoms with van der Waals surface area (Å²) >= 11 is 0. The van der Waals surface area contributed by atoms with Crippen molar-refractivity contribution in [2.24, 2.45) is 16.7 Å². The second-order valence-corrected chi connectivity index (χ2v) is 9.93. The van der Waals surface area contributed by atoms with Gasteiger partial charge >= 0.3 is 0 Å². The van der Waals surface area contributed by atoms with Crippen LogP contribution in [0.2, 0.25) is 0 Å². The third-order valence-electron chi connectivity index (χ3n) is 5.41. The molecule has 1 fully saturated rings. The van der Waals surface area contributed by atoms with E-state index in [1.165, 1.54) is 37.7 Å². The van der Waals surface area contributed by atoms with E-state index in [4.69, 9.17) is 4.74 Å². The topological polar surface area (TPSA) is 9.23 Å². The number of benzene rings is 2. The zero-order chi connectivity index (χ0) is 21.9. The van der Waals surface area contributed by atoms with Crippen LogP contribution >= 0.6 is 0 Å². The summed E-state index contributed by atoms with van der Waals surface area (Å²) in [4.78, 5) is 0. The summed E-state index contributed by atoms with van der Waals surface area (Å²) in [5.41, 5.74) is 2.37. The third-order valence-corrected chi connectivity index (χ3v) is 5.41. The van der Waals surface area contributed by atoms with E-state index in [9.17, 15) is 0 Å². The molecule has 0 bridgehead atoms. The van der Waals surface area contributed by atoms with Crippen LogP contribution in [0.1, 0.15) is 86.1 Å². The van der Waals surface area contributed by atoms with E-state index in [2.05, 4.69) is 41.5 Å². The summed E-state index contributed by atoms with van der Waals surface area (Å²) in [5, 5.41) is 0. The van der Waals surface area contributed by atoms with Gasteiger partial charge in [-0.3, -0.25) is 0 Å². The highest BCUT2D eigenvalue weighted by Gasteiger charge is 2.31. The van der Waals surface area contributed by atoms with Gasteiger partial charge in [0.2, 0.25) is 0 Å². The molecule has 0 aliphatic heterocycles. The number of aryl methyl sites for hydroxylation is 1. The quantitative estimate of drug-likeness (QED) is 0.491. The Morgan fingerprint density at radius 3 is 1.93 bits per heavy atom. The van der Waals surface area contributed by atoms with Gasteiger partial charge in [0.1, 0.15) is 11.5 Å². The van der Waals surface area contributed by atoms with Gasteiger partial charge in [0.15, 0.2) is 0 Å². The number of ether oxygens (including phenoxy) is 1. The van der Waals surface area contributed by atoms with Crippen molar-refractivity contribution in [1.29, 1.82) is 0 Å². The number of para-hydroxylation sites is 1. The molecule has 2 aromatic carbocycles. The molecule has 0 saturated heterocycles. The van der Waals surface area contributed by atoms with Crippen molar-refractivity contribution >= 4 is 0 Å². The molecule has 0 aromatic heterocycles. The molecule has 0 amide bonds. The molecule has 1 heteroatoms. The van der Waals surface area contributed by atoms with Gasteiger partial charge in [-0.25, -0.2) is 0 Å². The monoisotopic (exact) mass is 396 g/mol. The Morgan fingerprint density at radius 2 is 1.34 bits per heavy atom. The van der Waals surface area contributed by atoms with Crippen molar-refractivity contribution in [3.63, 3.8) is 0 Å². The zero-order valence-electron chi connectivity index (χ0n) is 20.2. The first kappa shape index (κ1) is 25.3. The van der Waals surface area contributed by atoms with E-state index < -0.39 is 0 Å². The molecule has 1 aliphatic carbocycles. The Kier molecular flexibility index (Phi) is 10.5. The lowest BCUT2D eigenvalue weighted by molar-refractivity contribution is 0.124. The van der Waals surface area contributed by atoms with E-state index in [0.29, 0.717) is 10.8 Å². The molecule has 3 rings (SSSR count). The molecule has 1 unspecified atom stereocenters. The molecule has 1 atom stereocenters. The average Bonchev–Trinajstić information content (AvgIpc) is 2.64. The van der Waals surface area contributed by atoms with Crippen LogP contribution in [0.5, 0.6) is 11.5 Å². The summed E-state index contributed by atoms with van der Waals surface area (Å²) in [7, 11) is 0. The van der Waals surface area contributed by atoms with Crippen molar-refractivity contribution in [3.8, 4) is 11.5 Å². The van der Waals surface area contributed by atoms with Crippen LogP contribution in [-0.4, -0.2) is 0 Å². The van der Waals surface area contributed by atoms with E-state index in [0.717, 1.165) is 17.4 Å². The molecular formula is C28H44O. The minimum absolute atomic E-state index is 0.559. The fraction of sp³-hybridized carbons (Fsp3) is 0.571.